The predicted molar refractivity (Wildman–Crippen MR) is 62.0 cm³/mol. The normalized spacial score (nSPS) is 16.3. The molecule has 0 N–H and O–H groups in total. The van der Waals surface area contributed by atoms with Crippen LogP contribution in [0.15, 0.2) is 18.2 Å². The summed E-state index contributed by atoms with van der Waals surface area (Å²) < 4.78 is 2.41. The number of aryl methyl sites for hydroxylation is 3. The second kappa shape index (κ2) is 3.37. The highest BCUT2D eigenvalue weighted by Gasteiger charge is 2.13. The van der Waals surface area contributed by atoms with Crippen LogP contribution in [0.2, 0.25) is 0 Å². The van der Waals surface area contributed by atoms with Crippen LogP contribution in [0, 0.1) is 6.92 Å². The van der Waals surface area contributed by atoms with Gasteiger partial charge in [0.1, 0.15) is 5.82 Å². The lowest BCUT2D eigenvalue weighted by Crippen LogP contribution is -1.99. The second-order valence-corrected chi connectivity index (χ2v) is 4.43. The lowest BCUT2D eigenvalue weighted by Gasteiger charge is -2.03. The fourth-order valence-electron chi connectivity index (χ4n) is 2.51. The van der Waals surface area contributed by atoms with Crippen molar-refractivity contribution < 1.29 is 0 Å². The van der Waals surface area contributed by atoms with Crippen molar-refractivity contribution >= 4 is 11.0 Å². The molecule has 1 aromatic carbocycles. The van der Waals surface area contributed by atoms with Crippen LogP contribution >= 0.6 is 0 Å². The summed E-state index contributed by atoms with van der Waals surface area (Å²) in [7, 11) is 0. The van der Waals surface area contributed by atoms with Crippen LogP contribution in [0.4, 0.5) is 0 Å². The van der Waals surface area contributed by atoms with Crippen molar-refractivity contribution in [1.29, 1.82) is 0 Å². The van der Waals surface area contributed by atoms with Gasteiger partial charge in [0.25, 0.3) is 0 Å². The van der Waals surface area contributed by atoms with Crippen molar-refractivity contribution in [2.24, 2.45) is 0 Å². The lowest BCUT2D eigenvalue weighted by molar-refractivity contribution is 0.647. The monoisotopic (exact) mass is 200 g/mol. The van der Waals surface area contributed by atoms with Gasteiger partial charge in [-0.3, -0.25) is 0 Å². The molecule has 2 heteroatoms. The quantitative estimate of drug-likeness (QED) is 0.639. The average molecular weight is 200 g/mol. The summed E-state index contributed by atoms with van der Waals surface area (Å²) in [4.78, 5) is 4.78. The van der Waals surface area contributed by atoms with E-state index in [0.717, 1.165) is 13.0 Å². The van der Waals surface area contributed by atoms with Crippen molar-refractivity contribution in [3.8, 4) is 0 Å². The summed E-state index contributed by atoms with van der Waals surface area (Å²) >= 11 is 0. The van der Waals surface area contributed by atoms with Crippen molar-refractivity contribution in [3.05, 3.63) is 29.6 Å². The summed E-state index contributed by atoms with van der Waals surface area (Å²) in [6.07, 6.45) is 5.08. The van der Waals surface area contributed by atoms with Gasteiger partial charge < -0.3 is 4.57 Å². The molecule has 0 saturated heterocycles. The molecule has 15 heavy (non-hydrogen) atoms. The summed E-state index contributed by atoms with van der Waals surface area (Å²) in [6, 6.07) is 6.48. The van der Waals surface area contributed by atoms with E-state index < -0.39 is 0 Å². The molecule has 0 bridgehead atoms. The van der Waals surface area contributed by atoms with Gasteiger partial charge in [-0.05, 0) is 31.4 Å². The average Bonchev–Trinajstić information content (AvgIpc) is 2.45. The summed E-state index contributed by atoms with van der Waals surface area (Å²) in [5.41, 5.74) is 3.83. The number of nitrogens with zero attached hydrogens (tertiary/aromatic N) is 2. The second-order valence-electron chi connectivity index (χ2n) is 4.43. The van der Waals surface area contributed by atoms with Crippen molar-refractivity contribution in [3.63, 3.8) is 0 Å². The standard InChI is InChI=1S/C13H16N2/c1-10-6-5-7-11-13(10)14-12-8-3-2-4-9-15(11)12/h5-7H,2-4,8-9H2,1H3. The highest BCUT2D eigenvalue weighted by Crippen LogP contribution is 2.23. The number of hydrogen-bond acceptors (Lipinski definition) is 1. The predicted octanol–water partition coefficient (Wildman–Crippen LogP) is 3.07. The van der Waals surface area contributed by atoms with Gasteiger partial charge in [-0.1, -0.05) is 18.6 Å². The molecule has 0 atom stereocenters. The maximum atomic E-state index is 4.78. The van der Waals surface area contributed by atoms with E-state index in [2.05, 4.69) is 29.7 Å². The number of rotatable bonds is 0. The molecule has 0 amide bonds. The molecule has 78 valence electrons. The molecule has 1 aliphatic heterocycles. The minimum absolute atomic E-state index is 1.15. The zero-order valence-corrected chi connectivity index (χ0v) is 9.16. The topological polar surface area (TPSA) is 17.8 Å². The molecule has 0 spiro atoms. The third-order valence-electron chi connectivity index (χ3n) is 3.34. The van der Waals surface area contributed by atoms with E-state index in [0.29, 0.717) is 0 Å². The highest BCUT2D eigenvalue weighted by atomic mass is 15.1. The van der Waals surface area contributed by atoms with Gasteiger partial charge in [-0.2, -0.15) is 0 Å². The maximum Gasteiger partial charge on any atom is 0.109 e. The Labute approximate surface area is 89.9 Å². The summed E-state index contributed by atoms with van der Waals surface area (Å²) in [5, 5.41) is 0. The number of para-hydroxylation sites is 1. The van der Waals surface area contributed by atoms with E-state index in [1.807, 2.05) is 0 Å². The Bertz CT molecular complexity index is 496. The lowest BCUT2D eigenvalue weighted by atomic mass is 10.2. The van der Waals surface area contributed by atoms with Gasteiger partial charge in [0.05, 0.1) is 11.0 Å². The molecule has 3 rings (SSSR count). The van der Waals surface area contributed by atoms with Crippen LogP contribution < -0.4 is 0 Å². The van der Waals surface area contributed by atoms with Crippen molar-refractivity contribution in [2.75, 3.05) is 0 Å². The van der Waals surface area contributed by atoms with Gasteiger partial charge in [-0.15, -0.1) is 0 Å². The zero-order valence-electron chi connectivity index (χ0n) is 9.16. The van der Waals surface area contributed by atoms with Gasteiger partial charge >= 0.3 is 0 Å². The SMILES string of the molecule is Cc1cccc2c1nc1n2CCCCC1. The first-order valence-corrected chi connectivity index (χ1v) is 5.81. The van der Waals surface area contributed by atoms with Gasteiger partial charge in [0.15, 0.2) is 0 Å². The summed E-state index contributed by atoms with van der Waals surface area (Å²) in [5.74, 6) is 1.29. The van der Waals surface area contributed by atoms with E-state index >= 15 is 0 Å². The maximum absolute atomic E-state index is 4.78. The Balaban J connectivity index is 2.28. The van der Waals surface area contributed by atoms with Gasteiger partial charge in [0.2, 0.25) is 0 Å². The van der Waals surface area contributed by atoms with Gasteiger partial charge in [0, 0.05) is 13.0 Å². The van der Waals surface area contributed by atoms with Crippen LogP contribution in [0.1, 0.15) is 30.7 Å². The molecular weight excluding hydrogens is 184 g/mol. The van der Waals surface area contributed by atoms with E-state index in [9.17, 15) is 0 Å². The van der Waals surface area contributed by atoms with Crippen LogP contribution in [0.5, 0.6) is 0 Å². The molecule has 0 radical (unpaired) electrons. The van der Waals surface area contributed by atoms with Crippen LogP contribution in [0.3, 0.4) is 0 Å². The largest absolute Gasteiger partial charge is 0.328 e. The van der Waals surface area contributed by atoms with Crippen LogP contribution in [-0.2, 0) is 13.0 Å². The first-order chi connectivity index (χ1) is 7.36. The van der Waals surface area contributed by atoms with Crippen LogP contribution in [0.25, 0.3) is 11.0 Å². The molecule has 1 aliphatic rings. The molecule has 2 nitrogen and oxygen atoms in total. The molecule has 0 fully saturated rings. The molecule has 2 aromatic rings. The fraction of sp³-hybridized carbons (Fsp3) is 0.462. The Morgan fingerprint density at radius 3 is 3.07 bits per heavy atom. The van der Waals surface area contributed by atoms with E-state index in [1.54, 1.807) is 0 Å². The first-order valence-electron chi connectivity index (χ1n) is 5.81. The molecule has 2 heterocycles. The Hall–Kier alpha value is -1.31. The molecule has 1 aromatic heterocycles. The number of benzene rings is 1. The molecule has 0 saturated carbocycles. The van der Waals surface area contributed by atoms with E-state index in [4.69, 9.17) is 4.98 Å². The number of imidazole rings is 1. The number of fused-ring (bicyclic) bond motifs is 3. The Kier molecular flexibility index (Phi) is 2.01. The zero-order chi connectivity index (χ0) is 10.3. The molecule has 0 unspecified atom stereocenters. The smallest absolute Gasteiger partial charge is 0.109 e. The Morgan fingerprint density at radius 2 is 2.13 bits per heavy atom. The Morgan fingerprint density at radius 1 is 1.20 bits per heavy atom. The van der Waals surface area contributed by atoms with Crippen molar-refractivity contribution in [2.45, 2.75) is 39.2 Å². The third-order valence-corrected chi connectivity index (χ3v) is 3.34. The minimum atomic E-state index is 1.15. The minimum Gasteiger partial charge on any atom is -0.328 e. The number of aromatic nitrogens is 2. The first kappa shape index (κ1) is 8.96. The van der Waals surface area contributed by atoms with Gasteiger partial charge in [-0.25, -0.2) is 4.98 Å². The van der Waals surface area contributed by atoms with Crippen LogP contribution in [-0.4, -0.2) is 9.55 Å². The number of hydrogen-bond donors (Lipinski definition) is 0. The highest BCUT2D eigenvalue weighted by molar-refractivity contribution is 5.79. The molecule has 0 aliphatic carbocycles. The van der Waals surface area contributed by atoms with E-state index in [1.165, 1.54) is 41.7 Å². The fourth-order valence-corrected chi connectivity index (χ4v) is 2.51. The third kappa shape index (κ3) is 1.36. The van der Waals surface area contributed by atoms with Crippen molar-refractivity contribution in [1.82, 2.24) is 9.55 Å². The molecular formula is C13H16N2. The van der Waals surface area contributed by atoms with E-state index in [-0.39, 0.29) is 0 Å². The summed E-state index contributed by atoms with van der Waals surface area (Å²) in [6.45, 7) is 3.30.